The fraction of sp³-hybridized carbons (Fsp3) is 0.286. The maximum absolute atomic E-state index is 4.11. The van der Waals surface area contributed by atoms with Gasteiger partial charge in [-0.2, -0.15) is 0 Å². The fourth-order valence-electron chi connectivity index (χ4n) is 0.959. The van der Waals surface area contributed by atoms with Crippen LogP contribution in [0.1, 0.15) is 5.69 Å². The zero-order valence-corrected chi connectivity index (χ0v) is 9.15. The second-order valence-corrected chi connectivity index (χ2v) is 4.20. The van der Waals surface area contributed by atoms with Crippen LogP contribution in [0.4, 0.5) is 5.00 Å². The Bertz CT molecular complexity index is 382. The molecule has 0 aromatic carbocycles. The van der Waals surface area contributed by atoms with Crippen molar-refractivity contribution in [1.82, 2.24) is 19.6 Å². The number of hydrogen-bond donors (Lipinski definition) is 2. The molecule has 2 aromatic heterocycles. The van der Waals surface area contributed by atoms with Crippen LogP contribution in [0.25, 0.3) is 0 Å². The van der Waals surface area contributed by atoms with Crippen LogP contribution in [0.3, 0.4) is 0 Å². The van der Waals surface area contributed by atoms with E-state index < -0.39 is 0 Å². The number of hydrogen-bond acceptors (Lipinski definition) is 6. The lowest BCUT2D eigenvalue weighted by Gasteiger charge is -1.97. The highest BCUT2D eigenvalue weighted by Crippen LogP contribution is 2.24. The highest BCUT2D eigenvalue weighted by atomic mass is 32.2. The Morgan fingerprint density at radius 3 is 3.29 bits per heavy atom. The summed E-state index contributed by atoms with van der Waals surface area (Å²) in [6.45, 7) is 0. The van der Waals surface area contributed by atoms with Crippen LogP contribution in [0.5, 0.6) is 0 Å². The number of imidazole rings is 1. The molecular weight excluding hydrogens is 218 g/mol. The molecule has 7 heteroatoms. The van der Waals surface area contributed by atoms with Gasteiger partial charge in [-0.15, -0.1) is 5.10 Å². The van der Waals surface area contributed by atoms with Gasteiger partial charge in [0.05, 0.1) is 0 Å². The van der Waals surface area contributed by atoms with Crippen molar-refractivity contribution in [1.29, 1.82) is 0 Å². The quantitative estimate of drug-likeness (QED) is 0.776. The minimum Gasteiger partial charge on any atom is -0.377 e. The SMILES string of the molecule is CNc1snnc1CSc1ncc[nH]1. The van der Waals surface area contributed by atoms with E-state index in [4.69, 9.17) is 0 Å². The fourth-order valence-corrected chi connectivity index (χ4v) is 2.34. The highest BCUT2D eigenvalue weighted by Gasteiger charge is 2.07. The highest BCUT2D eigenvalue weighted by molar-refractivity contribution is 7.98. The maximum Gasteiger partial charge on any atom is 0.165 e. The summed E-state index contributed by atoms with van der Waals surface area (Å²) >= 11 is 2.98. The van der Waals surface area contributed by atoms with E-state index in [-0.39, 0.29) is 0 Å². The molecule has 0 aliphatic carbocycles. The molecular formula is C7H9N5S2. The van der Waals surface area contributed by atoms with Crippen molar-refractivity contribution in [2.24, 2.45) is 0 Å². The molecule has 2 N–H and O–H groups in total. The normalized spacial score (nSPS) is 10.4. The van der Waals surface area contributed by atoms with Gasteiger partial charge in [0.2, 0.25) is 0 Å². The van der Waals surface area contributed by atoms with Crippen molar-refractivity contribution >= 4 is 28.3 Å². The number of aromatic amines is 1. The zero-order chi connectivity index (χ0) is 9.80. The molecule has 0 atom stereocenters. The van der Waals surface area contributed by atoms with Crippen molar-refractivity contribution < 1.29 is 0 Å². The lowest BCUT2D eigenvalue weighted by molar-refractivity contribution is 1.04. The molecule has 14 heavy (non-hydrogen) atoms. The number of nitrogens with zero attached hydrogens (tertiary/aromatic N) is 3. The number of aromatic nitrogens is 4. The van der Waals surface area contributed by atoms with Crippen LogP contribution in [0.2, 0.25) is 0 Å². The molecule has 0 saturated carbocycles. The average Bonchev–Trinajstić information content (AvgIpc) is 2.85. The molecule has 2 aromatic rings. The molecule has 0 unspecified atom stereocenters. The number of nitrogens with one attached hydrogen (secondary N) is 2. The molecule has 0 aliphatic heterocycles. The second-order valence-electron chi connectivity index (χ2n) is 2.48. The van der Waals surface area contributed by atoms with Crippen molar-refractivity contribution in [2.75, 3.05) is 12.4 Å². The Morgan fingerprint density at radius 1 is 1.64 bits per heavy atom. The molecule has 2 rings (SSSR count). The standard InChI is InChI=1S/C7H9N5S2/c1-8-6-5(11-12-14-6)4-13-7-9-2-3-10-7/h2-3,8H,4H2,1H3,(H,9,10). The van der Waals surface area contributed by atoms with Gasteiger partial charge in [-0.25, -0.2) is 4.98 Å². The molecule has 0 radical (unpaired) electrons. The van der Waals surface area contributed by atoms with Crippen LogP contribution < -0.4 is 5.32 Å². The average molecular weight is 227 g/mol. The predicted octanol–water partition coefficient (Wildman–Crippen LogP) is 1.60. The summed E-state index contributed by atoms with van der Waals surface area (Å²) in [5.41, 5.74) is 0.971. The van der Waals surface area contributed by atoms with Crippen LogP contribution in [0, 0.1) is 0 Å². The van der Waals surface area contributed by atoms with Crippen LogP contribution in [0.15, 0.2) is 17.6 Å². The Balaban J connectivity index is 1.98. The van der Waals surface area contributed by atoms with E-state index in [1.807, 2.05) is 7.05 Å². The van der Waals surface area contributed by atoms with E-state index in [9.17, 15) is 0 Å². The monoisotopic (exact) mass is 227 g/mol. The van der Waals surface area contributed by atoms with Gasteiger partial charge in [0.25, 0.3) is 0 Å². The molecule has 5 nitrogen and oxygen atoms in total. The Hall–Kier alpha value is -1.08. The summed E-state index contributed by atoms with van der Waals surface area (Å²) in [6.07, 6.45) is 3.54. The maximum atomic E-state index is 4.11. The van der Waals surface area contributed by atoms with E-state index in [0.29, 0.717) is 0 Å². The minimum atomic E-state index is 0.778. The van der Waals surface area contributed by atoms with Gasteiger partial charge in [-0.1, -0.05) is 16.3 Å². The lowest BCUT2D eigenvalue weighted by atomic mass is 10.5. The first kappa shape index (κ1) is 9.47. The Morgan fingerprint density at radius 2 is 2.57 bits per heavy atom. The van der Waals surface area contributed by atoms with E-state index in [1.54, 1.807) is 24.2 Å². The molecule has 0 saturated heterocycles. The summed E-state index contributed by atoms with van der Waals surface area (Å²) in [5, 5.41) is 9.01. The van der Waals surface area contributed by atoms with Crippen molar-refractivity contribution in [3.63, 3.8) is 0 Å². The summed E-state index contributed by atoms with van der Waals surface area (Å²) in [4.78, 5) is 7.14. The first-order valence-electron chi connectivity index (χ1n) is 4.01. The summed E-state index contributed by atoms with van der Waals surface area (Å²) < 4.78 is 3.88. The minimum absolute atomic E-state index is 0.778. The number of anilines is 1. The predicted molar refractivity (Wildman–Crippen MR) is 57.6 cm³/mol. The third-order valence-corrected chi connectivity index (χ3v) is 3.30. The summed E-state index contributed by atoms with van der Waals surface area (Å²) in [5.74, 6) is 0.778. The first-order valence-corrected chi connectivity index (χ1v) is 5.77. The molecule has 0 amide bonds. The van der Waals surface area contributed by atoms with Gasteiger partial charge in [-0.05, 0) is 0 Å². The van der Waals surface area contributed by atoms with E-state index in [2.05, 4.69) is 24.9 Å². The van der Waals surface area contributed by atoms with Crippen LogP contribution in [-0.4, -0.2) is 26.6 Å². The number of H-pyrrole nitrogens is 1. The van der Waals surface area contributed by atoms with Gasteiger partial charge < -0.3 is 10.3 Å². The van der Waals surface area contributed by atoms with E-state index >= 15 is 0 Å². The molecule has 0 bridgehead atoms. The van der Waals surface area contributed by atoms with Gasteiger partial charge in [-0.3, -0.25) is 0 Å². The number of rotatable bonds is 4. The lowest BCUT2D eigenvalue weighted by Crippen LogP contribution is -1.90. The largest absolute Gasteiger partial charge is 0.377 e. The van der Waals surface area contributed by atoms with Crippen molar-refractivity contribution in [3.8, 4) is 0 Å². The van der Waals surface area contributed by atoms with Crippen LogP contribution in [-0.2, 0) is 5.75 Å². The zero-order valence-electron chi connectivity index (χ0n) is 7.52. The molecule has 74 valence electrons. The van der Waals surface area contributed by atoms with Gasteiger partial charge in [0.15, 0.2) is 5.16 Å². The Labute approximate surface area is 89.5 Å². The third-order valence-electron chi connectivity index (χ3n) is 1.60. The summed E-state index contributed by atoms with van der Waals surface area (Å²) in [6, 6.07) is 0. The molecule has 0 fully saturated rings. The van der Waals surface area contributed by atoms with Crippen molar-refractivity contribution in [2.45, 2.75) is 10.9 Å². The Kier molecular flexibility index (Phi) is 3.00. The van der Waals surface area contributed by atoms with E-state index in [1.165, 1.54) is 11.5 Å². The topological polar surface area (TPSA) is 66.5 Å². The summed E-state index contributed by atoms with van der Waals surface area (Å²) in [7, 11) is 1.87. The van der Waals surface area contributed by atoms with Crippen LogP contribution >= 0.6 is 23.3 Å². The first-order chi connectivity index (χ1) is 6.90. The van der Waals surface area contributed by atoms with Gasteiger partial charge >= 0.3 is 0 Å². The van der Waals surface area contributed by atoms with Crippen molar-refractivity contribution in [3.05, 3.63) is 18.1 Å². The smallest absolute Gasteiger partial charge is 0.165 e. The molecule has 0 aliphatic rings. The second kappa shape index (κ2) is 4.43. The van der Waals surface area contributed by atoms with Gasteiger partial charge in [0.1, 0.15) is 10.7 Å². The molecule has 2 heterocycles. The molecule has 0 spiro atoms. The third kappa shape index (κ3) is 2.05. The van der Waals surface area contributed by atoms with Gasteiger partial charge in [0, 0.05) is 36.7 Å². The number of thioether (sulfide) groups is 1. The van der Waals surface area contributed by atoms with E-state index in [0.717, 1.165) is 21.6 Å².